The predicted octanol–water partition coefficient (Wildman–Crippen LogP) is 4.70. The Labute approximate surface area is 155 Å². The molecule has 4 nitrogen and oxygen atoms in total. The van der Waals surface area contributed by atoms with Crippen LogP contribution in [-0.2, 0) is 4.79 Å². The second kappa shape index (κ2) is 8.87. The van der Waals surface area contributed by atoms with E-state index in [9.17, 15) is 10.1 Å². The number of nitrogens with zero attached hydrogens (tertiary/aromatic N) is 2. The largest absolute Gasteiger partial charge is 0.372 e. The number of rotatable bonds is 6. The fourth-order valence-electron chi connectivity index (χ4n) is 2.93. The molecule has 1 amide bonds. The molecule has 0 bridgehead atoms. The number of hydrogen-bond donors (Lipinski definition) is 1. The Morgan fingerprint density at radius 2 is 1.65 bits per heavy atom. The number of nitrogens with one attached hydrogen (secondary N) is 1. The Kier molecular flexibility index (Phi) is 6.57. The first kappa shape index (κ1) is 19.3. The molecular formula is C22H25N3O. The lowest BCUT2D eigenvalue weighted by atomic mass is 10.1. The van der Waals surface area contributed by atoms with Crippen molar-refractivity contribution in [3.8, 4) is 6.07 Å². The lowest BCUT2D eigenvalue weighted by Crippen LogP contribution is -2.21. The van der Waals surface area contributed by atoms with Gasteiger partial charge in [-0.15, -0.1) is 0 Å². The van der Waals surface area contributed by atoms with Crippen LogP contribution < -0.4 is 10.2 Å². The smallest absolute Gasteiger partial charge is 0.266 e. The van der Waals surface area contributed by atoms with Gasteiger partial charge in [0.05, 0.1) is 0 Å². The topological polar surface area (TPSA) is 56.1 Å². The fourth-order valence-corrected chi connectivity index (χ4v) is 2.93. The summed E-state index contributed by atoms with van der Waals surface area (Å²) in [4.78, 5) is 14.7. The van der Waals surface area contributed by atoms with Crippen LogP contribution in [-0.4, -0.2) is 19.0 Å². The summed E-state index contributed by atoms with van der Waals surface area (Å²) in [5, 5.41) is 12.2. The molecular weight excluding hydrogens is 322 g/mol. The predicted molar refractivity (Wildman–Crippen MR) is 108 cm³/mol. The number of benzene rings is 2. The van der Waals surface area contributed by atoms with E-state index in [-0.39, 0.29) is 5.57 Å². The zero-order valence-electron chi connectivity index (χ0n) is 15.8. The van der Waals surface area contributed by atoms with E-state index in [1.54, 1.807) is 6.08 Å². The van der Waals surface area contributed by atoms with Gasteiger partial charge in [-0.2, -0.15) is 5.26 Å². The van der Waals surface area contributed by atoms with Gasteiger partial charge in [-0.25, -0.2) is 0 Å². The quantitative estimate of drug-likeness (QED) is 0.609. The molecule has 0 unspecified atom stereocenters. The van der Waals surface area contributed by atoms with Gasteiger partial charge >= 0.3 is 0 Å². The summed E-state index contributed by atoms with van der Waals surface area (Å²) in [7, 11) is 0. The van der Waals surface area contributed by atoms with Crippen molar-refractivity contribution in [1.82, 2.24) is 0 Å². The molecule has 2 aromatic rings. The first-order chi connectivity index (χ1) is 12.5. The minimum absolute atomic E-state index is 0.0831. The lowest BCUT2D eigenvalue weighted by molar-refractivity contribution is -0.112. The van der Waals surface area contributed by atoms with Gasteiger partial charge in [0, 0.05) is 24.5 Å². The summed E-state index contributed by atoms with van der Waals surface area (Å²) in [6, 6.07) is 15.7. The Morgan fingerprint density at radius 1 is 1.08 bits per heavy atom. The highest BCUT2D eigenvalue weighted by atomic mass is 16.1. The minimum Gasteiger partial charge on any atom is -0.372 e. The first-order valence-corrected chi connectivity index (χ1v) is 8.83. The van der Waals surface area contributed by atoms with E-state index in [0.717, 1.165) is 35.5 Å². The average molecular weight is 347 g/mol. The third kappa shape index (κ3) is 4.97. The maximum absolute atomic E-state index is 12.4. The van der Waals surface area contributed by atoms with E-state index >= 15 is 0 Å². The molecule has 26 heavy (non-hydrogen) atoms. The normalized spacial score (nSPS) is 11.0. The number of aryl methyl sites for hydroxylation is 2. The summed E-state index contributed by atoms with van der Waals surface area (Å²) in [5.74, 6) is -0.398. The Hall–Kier alpha value is -3.06. The lowest BCUT2D eigenvalue weighted by Gasteiger charge is -2.20. The molecule has 0 fully saturated rings. The van der Waals surface area contributed by atoms with Crippen molar-refractivity contribution in [1.29, 1.82) is 5.26 Å². The van der Waals surface area contributed by atoms with E-state index < -0.39 is 5.91 Å². The van der Waals surface area contributed by atoms with Crippen LogP contribution in [0.2, 0.25) is 0 Å². The standard InChI is InChI=1S/C22H25N3O/c1-5-25(6-2)21-9-7-18(8-10-21)14-19(15-23)22(26)24-20-12-16(3)11-17(4)13-20/h7-14H,5-6H2,1-4H3,(H,24,26)/b19-14-. The van der Waals surface area contributed by atoms with Gasteiger partial charge < -0.3 is 10.2 Å². The molecule has 0 aromatic heterocycles. The van der Waals surface area contributed by atoms with Gasteiger partial charge in [-0.1, -0.05) is 18.2 Å². The van der Waals surface area contributed by atoms with Crippen LogP contribution in [0.3, 0.4) is 0 Å². The van der Waals surface area contributed by atoms with Crippen LogP contribution in [0.25, 0.3) is 6.08 Å². The third-order valence-corrected chi connectivity index (χ3v) is 4.18. The van der Waals surface area contributed by atoms with Crippen LogP contribution in [0, 0.1) is 25.2 Å². The van der Waals surface area contributed by atoms with Crippen molar-refractivity contribution < 1.29 is 4.79 Å². The zero-order chi connectivity index (χ0) is 19.1. The van der Waals surface area contributed by atoms with Crippen molar-refractivity contribution in [3.63, 3.8) is 0 Å². The van der Waals surface area contributed by atoms with Crippen molar-refractivity contribution in [2.24, 2.45) is 0 Å². The van der Waals surface area contributed by atoms with Gasteiger partial charge in [-0.3, -0.25) is 4.79 Å². The number of anilines is 2. The molecule has 0 atom stereocenters. The average Bonchev–Trinajstić information content (AvgIpc) is 2.61. The van der Waals surface area contributed by atoms with E-state index in [1.807, 2.05) is 62.4 Å². The van der Waals surface area contributed by atoms with Gasteiger partial charge in [0.25, 0.3) is 5.91 Å². The van der Waals surface area contributed by atoms with Crippen LogP contribution in [0.1, 0.15) is 30.5 Å². The molecule has 0 aliphatic heterocycles. The van der Waals surface area contributed by atoms with Crippen LogP contribution in [0.4, 0.5) is 11.4 Å². The molecule has 0 saturated heterocycles. The molecule has 4 heteroatoms. The van der Waals surface area contributed by atoms with Gasteiger partial charge in [0.2, 0.25) is 0 Å². The van der Waals surface area contributed by atoms with Crippen LogP contribution in [0.5, 0.6) is 0 Å². The van der Waals surface area contributed by atoms with Crippen molar-refractivity contribution in [3.05, 3.63) is 64.7 Å². The number of hydrogen-bond acceptors (Lipinski definition) is 3. The maximum atomic E-state index is 12.4. The monoisotopic (exact) mass is 347 g/mol. The van der Waals surface area contributed by atoms with E-state index in [4.69, 9.17) is 0 Å². The zero-order valence-corrected chi connectivity index (χ0v) is 15.8. The van der Waals surface area contributed by atoms with Crippen molar-refractivity contribution in [2.45, 2.75) is 27.7 Å². The highest BCUT2D eigenvalue weighted by Crippen LogP contribution is 2.18. The summed E-state index contributed by atoms with van der Waals surface area (Å²) in [6.45, 7) is 10.0. The molecule has 0 saturated carbocycles. The van der Waals surface area contributed by atoms with E-state index in [0.29, 0.717) is 5.69 Å². The molecule has 0 spiro atoms. The molecule has 2 rings (SSSR count). The van der Waals surface area contributed by atoms with E-state index in [2.05, 4.69) is 24.1 Å². The van der Waals surface area contributed by atoms with E-state index in [1.165, 1.54) is 0 Å². The number of nitriles is 1. The van der Waals surface area contributed by atoms with Crippen molar-refractivity contribution in [2.75, 3.05) is 23.3 Å². The van der Waals surface area contributed by atoms with Gasteiger partial charge in [-0.05, 0) is 74.7 Å². The van der Waals surface area contributed by atoms with Crippen molar-refractivity contribution >= 4 is 23.4 Å². The van der Waals surface area contributed by atoms with Crippen LogP contribution in [0.15, 0.2) is 48.0 Å². The van der Waals surface area contributed by atoms with Crippen LogP contribution >= 0.6 is 0 Å². The molecule has 0 aliphatic rings. The minimum atomic E-state index is -0.398. The first-order valence-electron chi connectivity index (χ1n) is 8.83. The number of carbonyl (C=O) groups excluding carboxylic acids is 1. The molecule has 2 aromatic carbocycles. The summed E-state index contributed by atoms with van der Waals surface area (Å²) in [6.07, 6.45) is 1.62. The maximum Gasteiger partial charge on any atom is 0.266 e. The molecule has 0 aliphatic carbocycles. The second-order valence-electron chi connectivity index (χ2n) is 6.26. The molecule has 0 radical (unpaired) electrons. The molecule has 1 N–H and O–H groups in total. The highest BCUT2D eigenvalue weighted by Gasteiger charge is 2.10. The summed E-state index contributed by atoms with van der Waals surface area (Å²) in [5.41, 5.74) is 4.87. The van der Waals surface area contributed by atoms with Gasteiger partial charge in [0.1, 0.15) is 11.6 Å². The molecule has 134 valence electrons. The summed E-state index contributed by atoms with van der Waals surface area (Å²) >= 11 is 0. The Balaban J connectivity index is 2.18. The Morgan fingerprint density at radius 3 is 2.15 bits per heavy atom. The Bertz CT molecular complexity index is 820. The SMILES string of the molecule is CCN(CC)c1ccc(/C=C(/C#N)C(=O)Nc2cc(C)cc(C)c2)cc1. The second-order valence-corrected chi connectivity index (χ2v) is 6.26. The highest BCUT2D eigenvalue weighted by molar-refractivity contribution is 6.09. The third-order valence-electron chi connectivity index (χ3n) is 4.18. The van der Waals surface area contributed by atoms with Gasteiger partial charge in [0.15, 0.2) is 0 Å². The number of amides is 1. The molecule has 0 heterocycles. The fraction of sp³-hybridized carbons (Fsp3) is 0.273. The summed E-state index contributed by atoms with van der Waals surface area (Å²) < 4.78 is 0. The number of carbonyl (C=O) groups is 1.